The molecule has 2 aliphatic rings. The maximum absolute atomic E-state index is 11.5. The Labute approximate surface area is 175 Å². The van der Waals surface area contributed by atoms with Crippen molar-refractivity contribution >= 4 is 40.2 Å². The van der Waals surface area contributed by atoms with Gasteiger partial charge in [-0.1, -0.05) is 6.07 Å². The molecule has 5 rings (SSSR count). The predicted octanol–water partition coefficient (Wildman–Crippen LogP) is 3.90. The first-order chi connectivity index (χ1) is 14.7. The van der Waals surface area contributed by atoms with E-state index in [4.69, 9.17) is 4.74 Å². The van der Waals surface area contributed by atoms with Gasteiger partial charge < -0.3 is 25.6 Å². The lowest BCUT2D eigenvalue weighted by atomic mass is 10.1. The van der Waals surface area contributed by atoms with Crippen LogP contribution in [0.2, 0.25) is 0 Å². The van der Waals surface area contributed by atoms with E-state index < -0.39 is 0 Å². The summed E-state index contributed by atoms with van der Waals surface area (Å²) in [6, 6.07) is 18.2. The van der Waals surface area contributed by atoms with Crippen molar-refractivity contribution in [1.82, 2.24) is 4.98 Å². The number of nitrogens with one attached hydrogen (secondary N) is 3. The van der Waals surface area contributed by atoms with E-state index in [-0.39, 0.29) is 5.91 Å². The second-order valence-corrected chi connectivity index (χ2v) is 7.42. The quantitative estimate of drug-likeness (QED) is 0.602. The van der Waals surface area contributed by atoms with Crippen LogP contribution in [0.15, 0.2) is 60.8 Å². The molecule has 0 radical (unpaired) electrons. The minimum absolute atomic E-state index is 0.0391. The molecule has 1 saturated heterocycles. The maximum atomic E-state index is 11.5. The fraction of sp³-hybridized carbons (Fsp3) is 0.217. The van der Waals surface area contributed by atoms with E-state index >= 15 is 0 Å². The number of aromatic nitrogens is 1. The molecule has 1 amide bonds. The first-order valence-electron chi connectivity index (χ1n) is 10.1. The van der Waals surface area contributed by atoms with Crippen molar-refractivity contribution in [3.05, 3.63) is 66.4 Å². The summed E-state index contributed by atoms with van der Waals surface area (Å²) < 4.78 is 5.42. The van der Waals surface area contributed by atoms with Crippen LogP contribution in [0.5, 0.6) is 0 Å². The lowest BCUT2D eigenvalue weighted by Gasteiger charge is -2.28. The van der Waals surface area contributed by atoms with Crippen LogP contribution in [-0.2, 0) is 16.0 Å². The van der Waals surface area contributed by atoms with Gasteiger partial charge in [-0.25, -0.2) is 4.98 Å². The van der Waals surface area contributed by atoms with E-state index in [2.05, 4.69) is 50.1 Å². The number of nitrogens with zero attached hydrogens (tertiary/aromatic N) is 2. The Bertz CT molecular complexity index is 1060. The largest absolute Gasteiger partial charge is 0.378 e. The van der Waals surface area contributed by atoms with Crippen molar-refractivity contribution < 1.29 is 9.53 Å². The Morgan fingerprint density at radius 3 is 2.50 bits per heavy atom. The van der Waals surface area contributed by atoms with Crippen molar-refractivity contribution in [2.24, 2.45) is 0 Å². The van der Waals surface area contributed by atoms with Gasteiger partial charge in [0.05, 0.1) is 19.6 Å². The number of fused-ring (bicyclic) bond motifs is 1. The highest BCUT2D eigenvalue weighted by molar-refractivity contribution is 5.99. The van der Waals surface area contributed by atoms with Crippen LogP contribution in [0.3, 0.4) is 0 Å². The zero-order valence-electron chi connectivity index (χ0n) is 16.5. The number of anilines is 6. The molecule has 1 fully saturated rings. The number of rotatable bonds is 5. The van der Waals surface area contributed by atoms with Gasteiger partial charge in [-0.3, -0.25) is 4.79 Å². The summed E-state index contributed by atoms with van der Waals surface area (Å²) in [4.78, 5) is 18.3. The van der Waals surface area contributed by atoms with Crippen molar-refractivity contribution in [1.29, 1.82) is 0 Å². The molecule has 1 aromatic heterocycles. The van der Waals surface area contributed by atoms with E-state index in [1.54, 1.807) is 6.20 Å². The Hall–Kier alpha value is -3.58. The Morgan fingerprint density at radius 2 is 1.67 bits per heavy atom. The average molecular weight is 401 g/mol. The van der Waals surface area contributed by atoms with Crippen molar-refractivity contribution in [3.63, 3.8) is 0 Å². The van der Waals surface area contributed by atoms with E-state index in [0.29, 0.717) is 6.42 Å². The monoisotopic (exact) mass is 401 g/mol. The summed E-state index contributed by atoms with van der Waals surface area (Å²) in [5, 5.41) is 9.62. The summed E-state index contributed by atoms with van der Waals surface area (Å²) >= 11 is 0. The van der Waals surface area contributed by atoms with Crippen molar-refractivity contribution in [2.45, 2.75) is 6.42 Å². The molecule has 3 N–H and O–H groups in total. The molecule has 30 heavy (non-hydrogen) atoms. The molecule has 3 aromatic rings. The van der Waals surface area contributed by atoms with Crippen LogP contribution in [0.4, 0.5) is 34.3 Å². The number of pyridine rings is 1. The van der Waals surface area contributed by atoms with Crippen molar-refractivity contribution in [3.8, 4) is 0 Å². The van der Waals surface area contributed by atoms with Gasteiger partial charge >= 0.3 is 0 Å². The average Bonchev–Trinajstić information content (AvgIpc) is 3.14. The van der Waals surface area contributed by atoms with Gasteiger partial charge in [-0.05, 0) is 48.0 Å². The van der Waals surface area contributed by atoms with Gasteiger partial charge in [0.25, 0.3) is 0 Å². The molecule has 0 saturated carbocycles. The number of amides is 1. The highest BCUT2D eigenvalue weighted by Crippen LogP contribution is 2.29. The molecule has 2 aliphatic heterocycles. The topological polar surface area (TPSA) is 78.5 Å². The van der Waals surface area contributed by atoms with Gasteiger partial charge in [0.2, 0.25) is 5.91 Å². The van der Waals surface area contributed by atoms with Crippen molar-refractivity contribution in [2.75, 3.05) is 47.2 Å². The zero-order chi connectivity index (χ0) is 20.3. The second kappa shape index (κ2) is 8.04. The van der Waals surface area contributed by atoms with Gasteiger partial charge in [0.15, 0.2) is 0 Å². The highest BCUT2D eigenvalue weighted by atomic mass is 16.5. The predicted molar refractivity (Wildman–Crippen MR) is 119 cm³/mol. The van der Waals surface area contributed by atoms with E-state index in [1.807, 2.05) is 30.3 Å². The molecule has 0 aliphatic carbocycles. The summed E-state index contributed by atoms with van der Waals surface area (Å²) in [5.41, 5.74) is 5.93. The van der Waals surface area contributed by atoms with Crippen LogP contribution in [0, 0.1) is 0 Å². The van der Waals surface area contributed by atoms with E-state index in [9.17, 15) is 4.79 Å². The van der Waals surface area contributed by atoms with Crippen LogP contribution in [-0.4, -0.2) is 37.2 Å². The van der Waals surface area contributed by atoms with Crippen LogP contribution in [0.1, 0.15) is 5.56 Å². The molecule has 3 heterocycles. The summed E-state index contributed by atoms with van der Waals surface area (Å²) in [6.07, 6.45) is 2.21. The molecule has 7 nitrogen and oxygen atoms in total. The number of benzene rings is 2. The number of ether oxygens (including phenoxy) is 1. The minimum Gasteiger partial charge on any atom is -0.378 e. The normalized spacial score (nSPS) is 15.5. The highest BCUT2D eigenvalue weighted by Gasteiger charge is 2.17. The molecule has 0 atom stereocenters. The Kier molecular flexibility index (Phi) is 4.94. The first kappa shape index (κ1) is 18.4. The zero-order valence-corrected chi connectivity index (χ0v) is 16.5. The molecule has 0 unspecified atom stereocenters. The number of carbonyl (C=O) groups excluding carboxylic acids is 1. The molecular weight excluding hydrogens is 378 g/mol. The lowest BCUT2D eigenvalue weighted by Crippen LogP contribution is -2.36. The lowest BCUT2D eigenvalue weighted by molar-refractivity contribution is -0.115. The fourth-order valence-corrected chi connectivity index (χ4v) is 3.76. The van der Waals surface area contributed by atoms with Crippen LogP contribution in [0.25, 0.3) is 0 Å². The molecule has 7 heteroatoms. The standard InChI is InChI=1S/C23H23N5O2/c29-23-13-16-1-2-18(14-21(16)27-23)25-19-7-8-24-22(15-19)26-17-3-5-20(6-4-17)28-9-11-30-12-10-28/h1-8,14-15H,9-13H2,(H,27,29)(H2,24,25,26). The number of morpholine rings is 1. The minimum atomic E-state index is 0.0391. The SMILES string of the molecule is O=C1Cc2ccc(Nc3ccnc(Nc4ccc(N5CCOCC5)cc4)c3)cc2N1. The molecule has 152 valence electrons. The van der Waals surface area contributed by atoms with Gasteiger partial charge in [-0.2, -0.15) is 0 Å². The third kappa shape index (κ3) is 4.06. The number of hydrogen-bond donors (Lipinski definition) is 3. The smallest absolute Gasteiger partial charge is 0.228 e. The fourth-order valence-electron chi connectivity index (χ4n) is 3.76. The molecule has 2 aromatic carbocycles. The second-order valence-electron chi connectivity index (χ2n) is 7.42. The van der Waals surface area contributed by atoms with Gasteiger partial charge in [0.1, 0.15) is 5.82 Å². The maximum Gasteiger partial charge on any atom is 0.228 e. The van der Waals surface area contributed by atoms with E-state index in [1.165, 1.54) is 5.69 Å². The Balaban J connectivity index is 1.26. The molecule has 0 bridgehead atoms. The van der Waals surface area contributed by atoms with Gasteiger partial charge in [-0.15, -0.1) is 0 Å². The van der Waals surface area contributed by atoms with E-state index in [0.717, 1.165) is 60.4 Å². The molecular formula is C23H23N5O2. The number of hydrogen-bond acceptors (Lipinski definition) is 6. The third-order valence-corrected chi connectivity index (χ3v) is 5.30. The summed E-state index contributed by atoms with van der Waals surface area (Å²) in [6.45, 7) is 3.41. The Morgan fingerprint density at radius 1 is 0.900 bits per heavy atom. The number of carbonyl (C=O) groups is 1. The van der Waals surface area contributed by atoms with Crippen LogP contribution < -0.4 is 20.9 Å². The third-order valence-electron chi connectivity index (χ3n) is 5.30. The summed E-state index contributed by atoms with van der Waals surface area (Å²) in [7, 11) is 0. The summed E-state index contributed by atoms with van der Waals surface area (Å²) in [5.74, 6) is 0.797. The molecule has 0 spiro atoms. The first-order valence-corrected chi connectivity index (χ1v) is 10.1. The van der Waals surface area contributed by atoms with Crippen LogP contribution >= 0.6 is 0 Å². The van der Waals surface area contributed by atoms with Gasteiger partial charge in [0, 0.05) is 53.8 Å².